The summed E-state index contributed by atoms with van der Waals surface area (Å²) in [4.78, 5) is 0. The first-order valence-electron chi connectivity index (χ1n) is 11.6. The van der Waals surface area contributed by atoms with E-state index in [0.29, 0.717) is 24.5 Å². The Morgan fingerprint density at radius 1 is 0.882 bits per heavy atom. The first-order chi connectivity index (χ1) is 16.1. The zero-order valence-electron chi connectivity index (χ0n) is 19.0. The van der Waals surface area contributed by atoms with Crippen molar-refractivity contribution in [2.24, 2.45) is 11.8 Å². The second-order valence-electron chi connectivity index (χ2n) is 8.99. The third-order valence-corrected chi connectivity index (χ3v) is 6.54. The van der Waals surface area contributed by atoms with Gasteiger partial charge in [0.05, 0.1) is 0 Å². The lowest BCUT2D eigenvalue weighted by Gasteiger charge is -2.28. The molecule has 1 aliphatic rings. The van der Waals surface area contributed by atoms with Crippen molar-refractivity contribution in [3.8, 4) is 11.8 Å². The van der Waals surface area contributed by atoms with Crippen molar-refractivity contribution in [2.75, 3.05) is 0 Å². The van der Waals surface area contributed by atoms with Crippen LogP contribution in [0.4, 0.5) is 26.3 Å². The molecule has 0 saturated heterocycles. The summed E-state index contributed by atoms with van der Waals surface area (Å²) < 4.78 is 89.7. The zero-order valence-corrected chi connectivity index (χ0v) is 19.0. The molecule has 1 saturated carbocycles. The summed E-state index contributed by atoms with van der Waals surface area (Å²) in [6.45, 7) is 2.17. The van der Waals surface area contributed by atoms with Crippen LogP contribution in [0.15, 0.2) is 24.3 Å². The molecule has 0 bridgehead atoms. The fraction of sp³-hybridized carbons (Fsp3) is 0.500. The van der Waals surface area contributed by atoms with Crippen molar-refractivity contribution in [3.63, 3.8) is 0 Å². The van der Waals surface area contributed by atoms with Crippen molar-refractivity contribution in [2.45, 2.75) is 70.8 Å². The molecule has 8 heteroatoms. The number of aryl methyl sites for hydroxylation is 1. The maximum Gasteiger partial charge on any atom is 0.432 e. The highest BCUT2D eigenvalue weighted by atomic mass is 19.3. The molecule has 0 amide bonds. The summed E-state index contributed by atoms with van der Waals surface area (Å²) in [6.07, 6.45) is 4.59. The molecule has 0 unspecified atom stereocenters. The van der Waals surface area contributed by atoms with Gasteiger partial charge in [0.15, 0.2) is 0 Å². The Bertz CT molecular complexity index is 994. The van der Waals surface area contributed by atoms with Crippen LogP contribution >= 0.6 is 0 Å². The number of nitriles is 1. The molecule has 0 radical (unpaired) electrons. The van der Waals surface area contributed by atoms with Gasteiger partial charge in [0.1, 0.15) is 46.2 Å². The molecule has 0 atom stereocenters. The SMILES string of the molecule is CCCCC1CCC(CCc2cc(F)c(C(F)(F)Oc3cc(F)c(C#N)c(F)c3)c(F)c2)CC1. The maximum absolute atomic E-state index is 14.5. The van der Waals surface area contributed by atoms with Gasteiger partial charge in [-0.3, -0.25) is 0 Å². The van der Waals surface area contributed by atoms with E-state index in [9.17, 15) is 26.3 Å². The van der Waals surface area contributed by atoms with Crippen LogP contribution in [0.3, 0.4) is 0 Å². The number of nitrogens with zero attached hydrogens (tertiary/aromatic N) is 1. The average molecular weight is 483 g/mol. The smallest absolute Gasteiger partial charge is 0.429 e. The fourth-order valence-corrected chi connectivity index (χ4v) is 4.64. The highest BCUT2D eigenvalue weighted by molar-refractivity contribution is 5.38. The van der Waals surface area contributed by atoms with Crippen molar-refractivity contribution < 1.29 is 31.1 Å². The van der Waals surface area contributed by atoms with Gasteiger partial charge in [-0.1, -0.05) is 51.9 Å². The minimum Gasteiger partial charge on any atom is -0.429 e. The van der Waals surface area contributed by atoms with E-state index in [1.165, 1.54) is 25.3 Å². The summed E-state index contributed by atoms with van der Waals surface area (Å²) in [5.74, 6) is -5.68. The van der Waals surface area contributed by atoms with Crippen LogP contribution in [0.5, 0.6) is 5.75 Å². The van der Waals surface area contributed by atoms with Crippen LogP contribution in [-0.4, -0.2) is 0 Å². The van der Waals surface area contributed by atoms with Gasteiger partial charge in [-0.15, -0.1) is 0 Å². The van der Waals surface area contributed by atoms with E-state index in [-0.39, 0.29) is 5.56 Å². The van der Waals surface area contributed by atoms with E-state index < -0.39 is 46.3 Å². The molecule has 1 fully saturated rings. The molecule has 2 aromatic carbocycles. The summed E-state index contributed by atoms with van der Waals surface area (Å²) in [5.41, 5.74) is -2.36. The number of hydrogen-bond acceptors (Lipinski definition) is 2. The van der Waals surface area contributed by atoms with Gasteiger partial charge in [0, 0.05) is 12.1 Å². The summed E-state index contributed by atoms with van der Waals surface area (Å²) in [6, 6.07) is 3.66. The molecular formula is C26H27F6NO. The second-order valence-corrected chi connectivity index (χ2v) is 8.99. The number of rotatable bonds is 9. The van der Waals surface area contributed by atoms with Gasteiger partial charge in [0.2, 0.25) is 0 Å². The molecule has 0 aromatic heterocycles. The fourth-order valence-electron chi connectivity index (χ4n) is 4.64. The molecule has 0 N–H and O–H groups in total. The van der Waals surface area contributed by atoms with Crippen LogP contribution in [0.25, 0.3) is 0 Å². The lowest BCUT2D eigenvalue weighted by Crippen LogP contribution is -2.25. The van der Waals surface area contributed by atoms with Crippen molar-refractivity contribution in [1.82, 2.24) is 0 Å². The normalized spacial score (nSPS) is 18.5. The number of hydrogen-bond donors (Lipinski definition) is 0. The number of benzene rings is 2. The van der Waals surface area contributed by atoms with Crippen LogP contribution in [-0.2, 0) is 12.5 Å². The van der Waals surface area contributed by atoms with Crippen molar-refractivity contribution in [1.29, 1.82) is 5.26 Å². The Morgan fingerprint density at radius 3 is 1.91 bits per heavy atom. The van der Waals surface area contributed by atoms with Crippen LogP contribution in [0.1, 0.15) is 75.0 Å². The first kappa shape index (κ1) is 25.9. The molecule has 0 spiro atoms. The Labute approximate surface area is 195 Å². The van der Waals surface area contributed by atoms with E-state index in [0.717, 1.165) is 50.2 Å². The van der Waals surface area contributed by atoms with Crippen LogP contribution in [0.2, 0.25) is 0 Å². The first-order valence-corrected chi connectivity index (χ1v) is 11.6. The van der Waals surface area contributed by atoms with E-state index in [1.807, 2.05) is 0 Å². The monoisotopic (exact) mass is 483 g/mol. The average Bonchev–Trinajstić information content (AvgIpc) is 2.76. The van der Waals surface area contributed by atoms with Crippen LogP contribution in [0, 0.1) is 46.4 Å². The molecule has 184 valence electrons. The number of halogens is 6. The number of unbranched alkanes of at least 4 members (excludes halogenated alkanes) is 1. The molecule has 2 nitrogen and oxygen atoms in total. The Balaban J connectivity index is 1.66. The standard InChI is InChI=1S/C26H27F6NO/c1-2-3-4-16-5-7-17(8-6-16)9-10-18-11-23(29)25(24(30)12-18)26(31,32)34-19-13-21(27)20(15-33)22(28)14-19/h11-14,16-17H,2-10H2,1H3. The van der Waals surface area contributed by atoms with Crippen LogP contribution < -0.4 is 4.74 Å². The van der Waals surface area contributed by atoms with Gasteiger partial charge < -0.3 is 4.74 Å². The summed E-state index contributed by atoms with van der Waals surface area (Å²) >= 11 is 0. The van der Waals surface area contributed by atoms with Gasteiger partial charge >= 0.3 is 6.11 Å². The van der Waals surface area contributed by atoms with Gasteiger partial charge in [-0.05, 0) is 42.4 Å². The summed E-state index contributed by atoms with van der Waals surface area (Å²) in [5, 5.41) is 8.65. The predicted molar refractivity (Wildman–Crippen MR) is 115 cm³/mol. The number of alkyl halides is 2. The molecular weight excluding hydrogens is 456 g/mol. The third-order valence-electron chi connectivity index (χ3n) is 6.54. The minimum absolute atomic E-state index is 0.262. The van der Waals surface area contributed by atoms with Gasteiger partial charge in [-0.2, -0.15) is 14.0 Å². The Kier molecular flexibility index (Phi) is 8.51. The minimum atomic E-state index is -4.53. The molecule has 1 aliphatic carbocycles. The molecule has 3 rings (SSSR count). The van der Waals surface area contributed by atoms with E-state index in [1.54, 1.807) is 0 Å². The zero-order chi connectivity index (χ0) is 24.9. The lowest BCUT2D eigenvalue weighted by atomic mass is 9.78. The third kappa shape index (κ3) is 6.25. The summed E-state index contributed by atoms with van der Waals surface area (Å²) in [7, 11) is 0. The van der Waals surface area contributed by atoms with Gasteiger partial charge in [0.25, 0.3) is 0 Å². The Hall–Kier alpha value is -2.69. The molecule has 2 aromatic rings. The van der Waals surface area contributed by atoms with E-state index >= 15 is 0 Å². The lowest BCUT2D eigenvalue weighted by molar-refractivity contribution is -0.189. The highest BCUT2D eigenvalue weighted by Gasteiger charge is 2.41. The molecule has 34 heavy (non-hydrogen) atoms. The van der Waals surface area contributed by atoms with Crippen molar-refractivity contribution in [3.05, 3.63) is 64.2 Å². The Morgan fingerprint density at radius 2 is 1.41 bits per heavy atom. The van der Waals surface area contributed by atoms with E-state index in [2.05, 4.69) is 11.7 Å². The molecule has 0 heterocycles. The largest absolute Gasteiger partial charge is 0.432 e. The topological polar surface area (TPSA) is 33.0 Å². The molecule has 0 aliphatic heterocycles. The quantitative estimate of drug-likeness (QED) is 0.337. The highest BCUT2D eigenvalue weighted by Crippen LogP contribution is 2.37. The second kappa shape index (κ2) is 11.2. The maximum atomic E-state index is 14.5. The van der Waals surface area contributed by atoms with E-state index in [4.69, 9.17) is 5.26 Å². The van der Waals surface area contributed by atoms with Gasteiger partial charge in [-0.25, -0.2) is 17.6 Å². The van der Waals surface area contributed by atoms with Crippen molar-refractivity contribution >= 4 is 0 Å². The predicted octanol–water partition coefficient (Wildman–Crippen LogP) is 8.17. The number of ether oxygens (including phenoxy) is 1.